The number of halogens is 10. The molecule has 0 spiro atoms. The van der Waals surface area contributed by atoms with Crippen LogP contribution in [-0.2, 0) is 45.9 Å². The van der Waals surface area contributed by atoms with Crippen molar-refractivity contribution >= 4 is 38.0 Å². The number of aromatic nitrogens is 4. The van der Waals surface area contributed by atoms with Crippen LogP contribution in [0.25, 0.3) is 11.3 Å². The molecule has 2 aromatic carbocycles. The van der Waals surface area contributed by atoms with Gasteiger partial charge < -0.3 is 19.7 Å². The molecule has 3 fully saturated rings. The van der Waals surface area contributed by atoms with Crippen LogP contribution < -0.4 is 15.6 Å². The Morgan fingerprint density at radius 2 is 1.42 bits per heavy atom. The zero-order chi connectivity index (χ0) is 61.6. The fraction of sp³-hybridized carbons (Fsp3) is 0.545. The Hall–Kier alpha value is -6.79. The maximum absolute atomic E-state index is 16.2. The van der Waals surface area contributed by atoms with Crippen molar-refractivity contribution < 1.29 is 86.5 Å². The van der Waals surface area contributed by atoms with Crippen molar-refractivity contribution in [1.82, 2.24) is 40.4 Å². The number of hydrogen-bond donors (Lipinski definition) is 3. The molecule has 4 aromatic rings. The Labute approximate surface area is 477 Å². The molecule has 1 aliphatic carbocycles. The van der Waals surface area contributed by atoms with E-state index in [0.29, 0.717) is 80.0 Å². The number of Topliss-reactive ketones (excluding diaryl/α,β-unsaturated/α-hetero) is 1. The highest BCUT2D eigenvalue weighted by Gasteiger charge is 2.57. The topological polar surface area (TPSA) is 211 Å². The summed E-state index contributed by atoms with van der Waals surface area (Å²) in [4.78, 5) is 78.2. The second kappa shape index (κ2) is 26.6. The number of hydrogen-bond acceptors (Lipinski definition) is 14. The number of esters is 1. The second-order valence-electron chi connectivity index (χ2n) is 22.1. The van der Waals surface area contributed by atoms with E-state index in [2.05, 4.69) is 51.6 Å². The first-order valence-corrected chi connectivity index (χ1v) is 27.8. The van der Waals surface area contributed by atoms with Crippen molar-refractivity contribution in [3.8, 4) is 23.1 Å². The molecule has 84 heavy (non-hydrogen) atoms. The summed E-state index contributed by atoms with van der Waals surface area (Å²) in [7, 11) is -2.19. The van der Waals surface area contributed by atoms with Crippen molar-refractivity contribution in [3.05, 3.63) is 94.9 Å². The van der Waals surface area contributed by atoms with E-state index in [1.807, 2.05) is 5.32 Å². The van der Waals surface area contributed by atoms with Crippen molar-refractivity contribution in [3.63, 3.8) is 0 Å². The number of alkyl carbamates (subject to hydrolysis) is 1. The van der Waals surface area contributed by atoms with Crippen LogP contribution in [-0.4, -0.2) is 135 Å². The normalized spacial score (nSPS) is 18.5. The monoisotopic (exact) mass is 1210 g/mol. The molecule has 2 aromatic heterocycles. The van der Waals surface area contributed by atoms with Crippen LogP contribution in [0.2, 0.25) is 0 Å². The molecule has 456 valence electrons. The lowest BCUT2D eigenvalue weighted by Gasteiger charge is -2.48. The van der Waals surface area contributed by atoms with Gasteiger partial charge in [-0.3, -0.25) is 24.7 Å². The first-order valence-electron chi connectivity index (χ1n) is 26.6. The summed E-state index contributed by atoms with van der Waals surface area (Å²) in [6.45, 7) is -1.47. The van der Waals surface area contributed by atoms with Crippen LogP contribution in [0.15, 0.2) is 61.1 Å². The van der Waals surface area contributed by atoms with Gasteiger partial charge in [0.15, 0.2) is 5.78 Å². The lowest BCUT2D eigenvalue weighted by Crippen LogP contribution is -2.59. The molecule has 29 heteroatoms. The number of methoxy groups -OCH3 is 2. The Morgan fingerprint density at radius 1 is 0.821 bits per heavy atom. The van der Waals surface area contributed by atoms with E-state index < -0.39 is 135 Å². The van der Waals surface area contributed by atoms with Gasteiger partial charge in [-0.05, 0) is 81.8 Å². The van der Waals surface area contributed by atoms with E-state index in [4.69, 9.17) is 4.52 Å². The molecule has 3 N–H and O–H groups in total. The van der Waals surface area contributed by atoms with Crippen molar-refractivity contribution in [1.29, 1.82) is 0 Å². The molecule has 7 rings (SSSR count). The summed E-state index contributed by atoms with van der Waals surface area (Å²) >= 11 is 0. The number of ether oxygens (including phenoxy) is 2. The number of piperazine rings is 1. The number of hydrazine groups is 1. The first-order chi connectivity index (χ1) is 39.4. The van der Waals surface area contributed by atoms with Gasteiger partial charge >= 0.3 is 39.2 Å². The Morgan fingerprint density at radius 3 is 1.93 bits per heavy atom. The van der Waals surface area contributed by atoms with Crippen molar-refractivity contribution in [2.45, 2.75) is 135 Å². The molecule has 2 amide bonds. The van der Waals surface area contributed by atoms with Gasteiger partial charge in [0.05, 0.1) is 55.2 Å². The number of carbonyl (C=O) groups is 4. The van der Waals surface area contributed by atoms with Gasteiger partial charge in [-0.25, -0.2) is 33.2 Å². The smallest absolute Gasteiger partial charge is 0.469 e. The highest BCUT2D eigenvalue weighted by molar-refractivity contribution is 7.32. The predicted octanol–water partition coefficient (Wildman–Crippen LogP) is 9.39. The minimum absolute atomic E-state index is 0.188. The van der Waals surface area contributed by atoms with Crippen LogP contribution in [0.4, 0.5) is 54.6 Å². The second-order valence-corrected chi connectivity index (χ2v) is 22.8. The summed E-state index contributed by atoms with van der Waals surface area (Å²) in [6.07, 6.45) is -6.72. The maximum Gasteiger partial charge on any atom is 0.695 e. The van der Waals surface area contributed by atoms with Crippen molar-refractivity contribution in [2.75, 3.05) is 38.8 Å². The van der Waals surface area contributed by atoms with Crippen LogP contribution in [0.3, 0.4) is 0 Å². The number of nitrogens with zero attached hydrogens (tertiary/aromatic N) is 7. The molecule has 18 nitrogen and oxygen atoms in total. The van der Waals surface area contributed by atoms with E-state index in [-0.39, 0.29) is 21.5 Å². The summed E-state index contributed by atoms with van der Waals surface area (Å²) < 4.78 is 175. The minimum Gasteiger partial charge on any atom is -0.469 e. The molecular formula is C55H63F10N9O9P+. The van der Waals surface area contributed by atoms with E-state index in [1.165, 1.54) is 43.5 Å². The highest BCUT2D eigenvalue weighted by Crippen LogP contribution is 2.46. The molecule has 1 saturated carbocycles. The largest absolute Gasteiger partial charge is 0.695 e. The van der Waals surface area contributed by atoms with Gasteiger partial charge in [-0.1, -0.05) is 44.2 Å². The number of amides is 2. The van der Waals surface area contributed by atoms with Crippen LogP contribution in [0.1, 0.15) is 101 Å². The first kappa shape index (κ1) is 64.8. The summed E-state index contributed by atoms with van der Waals surface area (Å²) in [6, 6.07) is 7.40. The fourth-order valence-electron chi connectivity index (χ4n) is 10.6. The van der Waals surface area contributed by atoms with Crippen molar-refractivity contribution in [2.24, 2.45) is 22.7 Å². The third kappa shape index (κ3) is 15.4. The molecule has 4 heterocycles. The van der Waals surface area contributed by atoms with E-state index in [0.717, 1.165) is 52.4 Å². The number of anilines is 1. The van der Waals surface area contributed by atoms with Crippen LogP contribution in [0, 0.1) is 46.1 Å². The zero-order valence-electron chi connectivity index (χ0n) is 46.4. The lowest BCUT2D eigenvalue weighted by atomic mass is 9.75. The number of benzene rings is 2. The molecule has 2 bridgehead atoms. The summed E-state index contributed by atoms with van der Waals surface area (Å²) in [5.74, 6) is -4.65. The SMILES string of the molecule is COC(=O)C[C@H](C(=O)NN(Cc1c(F)cc(-c2ccn(C(F)F)n2)cc1F)C[C@H](O[P+](=O)O)[C@@H](CC(=O)[C@@H](NC(=O)OC)C(C)(C)C(F)(F)F)Cc1ccc(C#Cc2cnc(N3CC4CCC(C3)N4C3CCC3)nc2)cc1)C(C)(C)C(F)(F)F. The number of carbonyl (C=O) groups excluding carboxylic acids is 4. The van der Waals surface area contributed by atoms with Gasteiger partial charge in [0.1, 0.15) is 23.8 Å². The standard InChI is InChI=1S/C55H62F10N9O9P/c1-52(2,54(60,61)62)40(24-46(76)81-5)48(77)70-72(29-39-41(56)21-34(22-42(39)57)43-18-19-73(69-43)49(58)59)30-45(83-84(79)80)35(23-44(75)47(68-51(78)82-6)53(3,4)55(63,64)65)20-32-13-10-31(11-14-32)12-15-33-25-66-50(67-26-33)71-27-37-16-17-38(28-71)74(37)36-8-7-9-36/h10-11,13-14,18-19,21-22,25-26,35-38,40,45,47,49H,7-9,16-17,20,23-24,27-30H2,1-6H3,(H2-,68,70,77,78,79,80)/p+1/t35-,37?,38?,40-,45+,47-/m1/s1. The summed E-state index contributed by atoms with van der Waals surface area (Å²) in [5, 5.41) is 6.01. The molecule has 7 atom stereocenters. The maximum atomic E-state index is 16.2. The highest BCUT2D eigenvalue weighted by atomic mass is 31.1. The number of ketones is 1. The number of nitrogens with one attached hydrogen (secondary N) is 2. The third-order valence-corrected chi connectivity index (χ3v) is 16.4. The number of fused-ring (bicyclic) bond motifs is 2. The van der Waals surface area contributed by atoms with Gasteiger partial charge in [0.25, 0.3) is 0 Å². The molecule has 2 aliphatic heterocycles. The third-order valence-electron chi connectivity index (χ3n) is 16.0. The minimum atomic E-state index is -5.21. The van der Waals surface area contributed by atoms with E-state index in [1.54, 1.807) is 12.4 Å². The average molecular weight is 1220 g/mol. The fourth-order valence-corrected chi connectivity index (χ4v) is 11.1. The van der Waals surface area contributed by atoms with E-state index >= 15 is 8.78 Å². The Balaban J connectivity index is 1.23. The molecule has 2 saturated heterocycles. The quantitative estimate of drug-likeness (QED) is 0.0208. The average Bonchev–Trinajstić information content (AvgIpc) is 2.23. The molecule has 0 radical (unpaired) electrons. The number of alkyl halides is 8. The summed E-state index contributed by atoms with van der Waals surface area (Å²) in [5.41, 5.74) is -4.54. The zero-order valence-corrected chi connectivity index (χ0v) is 47.3. The van der Waals surface area contributed by atoms with E-state index in [9.17, 15) is 63.8 Å². The molecular weight excluding hydrogens is 1150 g/mol. The van der Waals surface area contributed by atoms with Gasteiger partial charge in [-0.2, -0.15) is 40.2 Å². The molecule has 3 unspecified atom stereocenters. The van der Waals surface area contributed by atoms with Gasteiger partial charge in [0.2, 0.25) is 11.9 Å². The van der Waals surface area contributed by atoms with Gasteiger partial charge in [0, 0.05) is 89.9 Å². The van der Waals surface area contributed by atoms with Crippen LogP contribution in [0.5, 0.6) is 0 Å². The predicted molar refractivity (Wildman–Crippen MR) is 281 cm³/mol. The Bertz CT molecular complexity index is 3040. The Kier molecular flexibility index (Phi) is 20.5. The number of rotatable bonds is 23. The molecule has 3 aliphatic rings. The lowest BCUT2D eigenvalue weighted by molar-refractivity contribution is -0.231. The van der Waals surface area contributed by atoms with Crippen LogP contribution >= 0.6 is 8.25 Å². The van der Waals surface area contributed by atoms with Gasteiger partial charge in [-0.15, -0.1) is 9.42 Å².